The molecule has 0 bridgehead atoms. The lowest BCUT2D eigenvalue weighted by Crippen LogP contribution is -2.25. The highest BCUT2D eigenvalue weighted by Crippen LogP contribution is 2.28. The summed E-state index contributed by atoms with van der Waals surface area (Å²) in [5.74, 6) is -0.101. The summed E-state index contributed by atoms with van der Waals surface area (Å²) in [6, 6.07) is 3.62. The Balaban J connectivity index is 2.36. The number of nitrogens with zero attached hydrogens (tertiary/aromatic N) is 2. The van der Waals surface area contributed by atoms with Gasteiger partial charge in [0.2, 0.25) is 5.91 Å². The Morgan fingerprint density at radius 3 is 2.88 bits per heavy atom. The third-order valence-corrected chi connectivity index (χ3v) is 2.99. The van der Waals surface area contributed by atoms with Crippen molar-refractivity contribution >= 4 is 38.6 Å². The zero-order chi connectivity index (χ0) is 12.3. The second-order valence-electron chi connectivity index (χ2n) is 3.43. The van der Waals surface area contributed by atoms with Crippen LogP contribution in [0.1, 0.15) is 0 Å². The van der Waals surface area contributed by atoms with Gasteiger partial charge >= 0.3 is 0 Å². The average Bonchev–Trinajstić information content (AvgIpc) is 2.33. The van der Waals surface area contributed by atoms with E-state index in [1.54, 1.807) is 25.5 Å². The molecule has 2 aromatic rings. The molecule has 2 rings (SSSR count). The Labute approximate surface area is 107 Å². The topological polar surface area (TPSA) is 66.9 Å². The summed E-state index contributed by atoms with van der Waals surface area (Å²) in [5, 5.41) is 5.58. The summed E-state index contributed by atoms with van der Waals surface area (Å²) in [4.78, 5) is 19.9. The molecule has 1 aromatic carbocycles. The van der Waals surface area contributed by atoms with Gasteiger partial charge < -0.3 is 10.6 Å². The maximum absolute atomic E-state index is 11.5. The summed E-state index contributed by atoms with van der Waals surface area (Å²) >= 11 is 3.42. The molecule has 17 heavy (non-hydrogen) atoms. The molecule has 0 unspecified atom stereocenters. The number of hydrogen-bond donors (Lipinski definition) is 2. The van der Waals surface area contributed by atoms with Crippen LogP contribution in [0.4, 0.5) is 5.69 Å². The quantitative estimate of drug-likeness (QED) is 0.901. The van der Waals surface area contributed by atoms with Crippen LogP contribution in [0.2, 0.25) is 0 Å². The molecule has 2 N–H and O–H groups in total. The second kappa shape index (κ2) is 5.20. The molecule has 0 aliphatic rings. The van der Waals surface area contributed by atoms with Gasteiger partial charge in [0.05, 0.1) is 22.2 Å². The van der Waals surface area contributed by atoms with E-state index in [1.165, 1.54) is 0 Å². The highest BCUT2D eigenvalue weighted by Gasteiger charge is 2.09. The van der Waals surface area contributed by atoms with Gasteiger partial charge in [-0.25, -0.2) is 0 Å². The lowest BCUT2D eigenvalue weighted by molar-refractivity contribution is -0.115. The van der Waals surface area contributed by atoms with Gasteiger partial charge in [-0.2, -0.15) is 0 Å². The number of rotatable bonds is 3. The molecule has 0 saturated heterocycles. The first-order chi connectivity index (χ1) is 8.22. The van der Waals surface area contributed by atoms with Crippen molar-refractivity contribution in [3.8, 4) is 0 Å². The standard InChI is InChI=1S/C11H11BrN4O/c1-13-6-9(17)16-7-2-3-8-11(10(7)12)15-5-4-14-8/h2-5,13H,6H2,1H3,(H,16,17). The van der Waals surface area contributed by atoms with Gasteiger partial charge in [0, 0.05) is 12.4 Å². The number of anilines is 1. The second-order valence-corrected chi connectivity index (χ2v) is 4.22. The fourth-order valence-corrected chi connectivity index (χ4v) is 1.99. The molecule has 5 nitrogen and oxygen atoms in total. The number of halogens is 1. The van der Waals surface area contributed by atoms with Crippen LogP contribution in [0.15, 0.2) is 29.0 Å². The highest BCUT2D eigenvalue weighted by molar-refractivity contribution is 9.10. The number of aromatic nitrogens is 2. The number of carbonyl (C=O) groups is 1. The van der Waals surface area contributed by atoms with Gasteiger partial charge in [0.25, 0.3) is 0 Å². The van der Waals surface area contributed by atoms with Gasteiger partial charge in [0.1, 0.15) is 5.52 Å². The molecule has 0 radical (unpaired) electrons. The first kappa shape index (κ1) is 11.9. The molecule has 0 spiro atoms. The normalized spacial score (nSPS) is 10.5. The molecule has 1 aromatic heterocycles. The minimum Gasteiger partial charge on any atom is -0.324 e. The fourth-order valence-electron chi connectivity index (χ4n) is 1.45. The molecule has 0 atom stereocenters. The van der Waals surface area contributed by atoms with Gasteiger partial charge in [-0.05, 0) is 35.1 Å². The van der Waals surface area contributed by atoms with Gasteiger partial charge in [-0.15, -0.1) is 0 Å². The molecule has 0 saturated carbocycles. The van der Waals surface area contributed by atoms with Crippen LogP contribution in [-0.2, 0) is 4.79 Å². The summed E-state index contributed by atoms with van der Waals surface area (Å²) in [7, 11) is 1.72. The lowest BCUT2D eigenvalue weighted by atomic mass is 10.2. The Hall–Kier alpha value is -1.53. The molecule has 0 fully saturated rings. The fraction of sp³-hybridized carbons (Fsp3) is 0.182. The SMILES string of the molecule is CNCC(=O)Nc1ccc2nccnc2c1Br. The van der Waals surface area contributed by atoms with Crippen molar-refractivity contribution in [3.63, 3.8) is 0 Å². The van der Waals surface area contributed by atoms with E-state index in [9.17, 15) is 4.79 Å². The zero-order valence-corrected chi connectivity index (χ0v) is 10.8. The van der Waals surface area contributed by atoms with Gasteiger partial charge in [-0.1, -0.05) is 0 Å². The van der Waals surface area contributed by atoms with Gasteiger partial charge in [-0.3, -0.25) is 14.8 Å². The van der Waals surface area contributed by atoms with Crippen LogP contribution in [0.25, 0.3) is 11.0 Å². The van der Waals surface area contributed by atoms with Gasteiger partial charge in [0.15, 0.2) is 0 Å². The van der Waals surface area contributed by atoms with Crippen LogP contribution in [-0.4, -0.2) is 29.5 Å². The van der Waals surface area contributed by atoms with Crippen molar-refractivity contribution in [2.24, 2.45) is 0 Å². The van der Waals surface area contributed by atoms with Crippen LogP contribution < -0.4 is 10.6 Å². The number of nitrogens with one attached hydrogen (secondary N) is 2. The number of hydrogen-bond acceptors (Lipinski definition) is 4. The van der Waals surface area contributed by atoms with Crippen molar-refractivity contribution in [3.05, 3.63) is 29.0 Å². The number of amides is 1. The molecule has 6 heteroatoms. The molecule has 0 aliphatic heterocycles. The molecule has 1 amide bonds. The summed E-state index contributed by atoms with van der Waals surface area (Å²) in [5.41, 5.74) is 2.21. The monoisotopic (exact) mass is 294 g/mol. The Kier molecular flexibility index (Phi) is 3.65. The van der Waals surface area contributed by atoms with Crippen LogP contribution >= 0.6 is 15.9 Å². The Morgan fingerprint density at radius 1 is 1.35 bits per heavy atom. The number of fused-ring (bicyclic) bond motifs is 1. The number of likely N-dealkylation sites (N-methyl/N-ethyl adjacent to an activating group) is 1. The third-order valence-electron chi connectivity index (χ3n) is 2.19. The zero-order valence-electron chi connectivity index (χ0n) is 9.20. The minimum atomic E-state index is -0.101. The molecule has 0 aliphatic carbocycles. The summed E-state index contributed by atoms with van der Waals surface area (Å²) in [6.07, 6.45) is 3.25. The Morgan fingerprint density at radius 2 is 2.12 bits per heavy atom. The molecule has 88 valence electrons. The van der Waals surface area contributed by atoms with E-state index in [4.69, 9.17) is 0 Å². The van der Waals surface area contributed by atoms with Crippen LogP contribution in [0.5, 0.6) is 0 Å². The number of benzene rings is 1. The summed E-state index contributed by atoms with van der Waals surface area (Å²) in [6.45, 7) is 0.269. The average molecular weight is 295 g/mol. The molecular weight excluding hydrogens is 284 g/mol. The van der Waals surface area contributed by atoms with Crippen molar-refractivity contribution in [1.82, 2.24) is 15.3 Å². The van der Waals surface area contributed by atoms with E-state index in [1.807, 2.05) is 6.07 Å². The van der Waals surface area contributed by atoms with Crippen LogP contribution in [0, 0.1) is 0 Å². The lowest BCUT2D eigenvalue weighted by Gasteiger charge is -2.08. The largest absolute Gasteiger partial charge is 0.324 e. The van der Waals surface area contributed by atoms with E-state index in [2.05, 4.69) is 36.5 Å². The molecule has 1 heterocycles. The van der Waals surface area contributed by atoms with E-state index >= 15 is 0 Å². The maximum atomic E-state index is 11.5. The van der Waals surface area contributed by atoms with Crippen molar-refractivity contribution in [1.29, 1.82) is 0 Å². The predicted molar refractivity (Wildman–Crippen MR) is 69.8 cm³/mol. The predicted octanol–water partition coefficient (Wildman–Crippen LogP) is 1.55. The third kappa shape index (κ3) is 2.59. The molecular formula is C11H11BrN4O. The number of carbonyl (C=O) groups excluding carboxylic acids is 1. The van der Waals surface area contributed by atoms with E-state index in [0.717, 1.165) is 15.5 Å². The van der Waals surface area contributed by atoms with E-state index in [-0.39, 0.29) is 12.5 Å². The smallest absolute Gasteiger partial charge is 0.238 e. The maximum Gasteiger partial charge on any atom is 0.238 e. The first-order valence-corrected chi connectivity index (χ1v) is 5.85. The summed E-state index contributed by atoms with van der Waals surface area (Å²) < 4.78 is 0.743. The highest BCUT2D eigenvalue weighted by atomic mass is 79.9. The van der Waals surface area contributed by atoms with Crippen molar-refractivity contribution in [2.75, 3.05) is 18.9 Å². The van der Waals surface area contributed by atoms with E-state index in [0.29, 0.717) is 5.69 Å². The van der Waals surface area contributed by atoms with Crippen molar-refractivity contribution < 1.29 is 4.79 Å². The first-order valence-electron chi connectivity index (χ1n) is 5.06. The van der Waals surface area contributed by atoms with Crippen molar-refractivity contribution in [2.45, 2.75) is 0 Å². The van der Waals surface area contributed by atoms with E-state index < -0.39 is 0 Å². The van der Waals surface area contributed by atoms with Crippen LogP contribution in [0.3, 0.4) is 0 Å². The Bertz CT molecular complexity index is 558. The minimum absolute atomic E-state index is 0.101.